The summed E-state index contributed by atoms with van der Waals surface area (Å²) in [5.41, 5.74) is 2.06. The highest BCUT2D eigenvalue weighted by atomic mass is 35.5. The molecule has 108 valence electrons. The predicted molar refractivity (Wildman–Crippen MR) is 77.7 cm³/mol. The lowest BCUT2D eigenvalue weighted by Crippen LogP contribution is -2.39. The number of benzene rings is 1. The molecule has 0 aliphatic carbocycles. The van der Waals surface area contributed by atoms with E-state index in [-0.39, 0.29) is 11.4 Å². The Balaban J connectivity index is 2.24. The number of rotatable bonds is 2. The number of hydrogen-bond donors (Lipinski definition) is 0. The molecule has 0 radical (unpaired) electrons. The summed E-state index contributed by atoms with van der Waals surface area (Å²) in [6.07, 6.45) is 2.02. The quantitative estimate of drug-likeness (QED) is 0.789. The van der Waals surface area contributed by atoms with E-state index < -0.39 is 0 Å². The van der Waals surface area contributed by atoms with Gasteiger partial charge in [-0.3, -0.25) is 0 Å². The summed E-state index contributed by atoms with van der Waals surface area (Å²) in [5.74, 6) is 0.860. The molecule has 5 heteroatoms. The zero-order valence-corrected chi connectivity index (χ0v) is 12.5. The Kier molecular flexibility index (Phi) is 3.46. The van der Waals surface area contributed by atoms with Crippen molar-refractivity contribution >= 4 is 22.6 Å². The first-order chi connectivity index (χ1) is 9.55. The highest BCUT2D eigenvalue weighted by Crippen LogP contribution is 2.33. The Bertz CT molecular complexity index is 647. The van der Waals surface area contributed by atoms with E-state index in [0.717, 1.165) is 30.8 Å². The molecule has 1 unspecified atom stereocenters. The number of halogens is 2. The standard InChI is InChI=1S/C15H18ClFN2O/c1-10-6-13-12(7-11(10)17)18-14(8-16)19(13)15(2)4-3-5-20-9-15/h6-7H,3-5,8-9H2,1-2H3. The number of ether oxygens (including phenoxy) is 1. The van der Waals surface area contributed by atoms with Crippen LogP contribution in [0.1, 0.15) is 31.2 Å². The van der Waals surface area contributed by atoms with Crippen LogP contribution in [0, 0.1) is 12.7 Å². The highest BCUT2D eigenvalue weighted by molar-refractivity contribution is 6.16. The van der Waals surface area contributed by atoms with E-state index in [9.17, 15) is 4.39 Å². The third-order valence-electron chi connectivity index (χ3n) is 4.08. The SMILES string of the molecule is Cc1cc2c(cc1F)nc(CCl)n2C1(C)CCCOC1. The summed E-state index contributed by atoms with van der Waals surface area (Å²) in [6, 6.07) is 3.35. The van der Waals surface area contributed by atoms with Gasteiger partial charge in [0.25, 0.3) is 0 Å². The van der Waals surface area contributed by atoms with Crippen LogP contribution < -0.4 is 0 Å². The van der Waals surface area contributed by atoms with E-state index in [1.807, 2.05) is 6.07 Å². The molecule has 0 spiro atoms. The molecule has 1 aromatic carbocycles. The lowest BCUT2D eigenvalue weighted by molar-refractivity contribution is 0.0104. The number of imidazole rings is 1. The number of nitrogens with zero attached hydrogens (tertiary/aromatic N) is 2. The Labute approximate surface area is 122 Å². The van der Waals surface area contributed by atoms with Crippen LogP contribution in [-0.2, 0) is 16.2 Å². The second-order valence-corrected chi connectivity index (χ2v) is 6.01. The Morgan fingerprint density at radius 1 is 1.50 bits per heavy atom. The molecule has 3 nitrogen and oxygen atoms in total. The first kappa shape index (κ1) is 13.8. The van der Waals surface area contributed by atoms with Crippen molar-refractivity contribution in [2.45, 2.75) is 38.1 Å². The van der Waals surface area contributed by atoms with E-state index >= 15 is 0 Å². The van der Waals surface area contributed by atoms with Crippen LogP contribution in [0.15, 0.2) is 12.1 Å². The Morgan fingerprint density at radius 3 is 2.95 bits per heavy atom. The summed E-state index contributed by atoms with van der Waals surface area (Å²) in [7, 11) is 0. The number of alkyl halides is 1. The van der Waals surface area contributed by atoms with Gasteiger partial charge in [0.05, 0.1) is 29.1 Å². The topological polar surface area (TPSA) is 27.1 Å². The maximum Gasteiger partial charge on any atom is 0.128 e. The molecule has 1 atom stereocenters. The zero-order valence-electron chi connectivity index (χ0n) is 11.7. The van der Waals surface area contributed by atoms with Crippen molar-refractivity contribution in [3.05, 3.63) is 29.3 Å². The molecule has 0 amide bonds. The van der Waals surface area contributed by atoms with Crippen molar-refractivity contribution in [1.82, 2.24) is 9.55 Å². The van der Waals surface area contributed by atoms with Gasteiger partial charge in [-0.25, -0.2) is 9.37 Å². The first-order valence-electron chi connectivity index (χ1n) is 6.87. The summed E-state index contributed by atoms with van der Waals surface area (Å²) < 4.78 is 21.5. The van der Waals surface area contributed by atoms with Gasteiger partial charge in [-0.15, -0.1) is 11.6 Å². The van der Waals surface area contributed by atoms with Crippen LogP contribution in [0.4, 0.5) is 4.39 Å². The van der Waals surface area contributed by atoms with Crippen molar-refractivity contribution in [2.24, 2.45) is 0 Å². The van der Waals surface area contributed by atoms with Gasteiger partial charge in [0.15, 0.2) is 0 Å². The monoisotopic (exact) mass is 296 g/mol. The van der Waals surface area contributed by atoms with Gasteiger partial charge >= 0.3 is 0 Å². The second kappa shape index (κ2) is 5.01. The normalized spacial score (nSPS) is 23.4. The molecule has 1 saturated heterocycles. The average Bonchev–Trinajstić information content (AvgIpc) is 2.78. The molecule has 0 N–H and O–H groups in total. The molecule has 1 aromatic heterocycles. The average molecular weight is 297 g/mol. The minimum Gasteiger partial charge on any atom is -0.379 e. The third kappa shape index (κ3) is 2.11. The first-order valence-corrected chi connectivity index (χ1v) is 7.40. The molecule has 20 heavy (non-hydrogen) atoms. The number of hydrogen-bond acceptors (Lipinski definition) is 2. The lowest BCUT2D eigenvalue weighted by atomic mass is 9.94. The van der Waals surface area contributed by atoms with Gasteiger partial charge in [0.1, 0.15) is 11.6 Å². The van der Waals surface area contributed by atoms with Crippen LogP contribution in [0.5, 0.6) is 0 Å². The fourth-order valence-corrected chi connectivity index (χ4v) is 3.22. The van der Waals surface area contributed by atoms with Crippen LogP contribution in [-0.4, -0.2) is 22.8 Å². The van der Waals surface area contributed by atoms with Gasteiger partial charge < -0.3 is 9.30 Å². The van der Waals surface area contributed by atoms with E-state index in [4.69, 9.17) is 16.3 Å². The largest absolute Gasteiger partial charge is 0.379 e. The van der Waals surface area contributed by atoms with Gasteiger partial charge in [-0.2, -0.15) is 0 Å². The summed E-state index contributed by atoms with van der Waals surface area (Å²) in [4.78, 5) is 4.49. The second-order valence-electron chi connectivity index (χ2n) is 5.74. The molecule has 1 aliphatic rings. The van der Waals surface area contributed by atoms with Crippen LogP contribution in [0.2, 0.25) is 0 Å². The van der Waals surface area contributed by atoms with Crippen LogP contribution >= 0.6 is 11.6 Å². The van der Waals surface area contributed by atoms with Crippen molar-refractivity contribution in [2.75, 3.05) is 13.2 Å². The van der Waals surface area contributed by atoms with Crippen molar-refractivity contribution in [3.63, 3.8) is 0 Å². The van der Waals surface area contributed by atoms with E-state index in [0.29, 0.717) is 23.6 Å². The molecular weight excluding hydrogens is 279 g/mol. The van der Waals surface area contributed by atoms with Gasteiger partial charge in [-0.05, 0) is 38.3 Å². The fraction of sp³-hybridized carbons (Fsp3) is 0.533. The number of aryl methyl sites for hydroxylation is 1. The zero-order chi connectivity index (χ0) is 14.3. The minimum atomic E-state index is -0.228. The number of fused-ring (bicyclic) bond motifs is 1. The summed E-state index contributed by atoms with van der Waals surface area (Å²) >= 11 is 6.05. The molecule has 3 rings (SSSR count). The molecule has 2 aromatic rings. The molecule has 0 saturated carbocycles. The smallest absolute Gasteiger partial charge is 0.128 e. The molecule has 1 aliphatic heterocycles. The predicted octanol–water partition coefficient (Wildman–Crippen LogP) is 3.75. The van der Waals surface area contributed by atoms with Crippen molar-refractivity contribution in [1.29, 1.82) is 0 Å². The van der Waals surface area contributed by atoms with Gasteiger partial charge in [0, 0.05) is 12.7 Å². The summed E-state index contributed by atoms with van der Waals surface area (Å²) in [5, 5.41) is 0. The molecule has 2 heterocycles. The van der Waals surface area contributed by atoms with E-state index in [1.54, 1.807) is 6.92 Å². The van der Waals surface area contributed by atoms with Gasteiger partial charge in [0.2, 0.25) is 0 Å². The van der Waals surface area contributed by atoms with Crippen molar-refractivity contribution < 1.29 is 9.13 Å². The lowest BCUT2D eigenvalue weighted by Gasteiger charge is -2.36. The fourth-order valence-electron chi connectivity index (χ4n) is 3.04. The number of aromatic nitrogens is 2. The highest BCUT2D eigenvalue weighted by Gasteiger charge is 2.33. The van der Waals surface area contributed by atoms with Crippen LogP contribution in [0.3, 0.4) is 0 Å². The van der Waals surface area contributed by atoms with Crippen molar-refractivity contribution in [3.8, 4) is 0 Å². The minimum absolute atomic E-state index is 0.165. The maximum absolute atomic E-state index is 13.7. The third-order valence-corrected chi connectivity index (χ3v) is 4.32. The van der Waals surface area contributed by atoms with Gasteiger partial charge in [-0.1, -0.05) is 0 Å². The van der Waals surface area contributed by atoms with E-state index in [1.165, 1.54) is 6.07 Å². The van der Waals surface area contributed by atoms with E-state index in [2.05, 4.69) is 16.5 Å². The molecule has 0 bridgehead atoms. The molecule has 1 fully saturated rings. The van der Waals surface area contributed by atoms with Crippen LogP contribution in [0.25, 0.3) is 11.0 Å². The Hall–Kier alpha value is -1.13. The maximum atomic E-state index is 13.7. The Morgan fingerprint density at radius 2 is 2.30 bits per heavy atom. The summed E-state index contributed by atoms with van der Waals surface area (Å²) in [6.45, 7) is 5.36. The molecular formula is C15H18ClFN2O.